The van der Waals surface area contributed by atoms with Crippen LogP contribution in [0, 0.1) is 0 Å². The number of rotatable bonds is 31. The van der Waals surface area contributed by atoms with Gasteiger partial charge < -0.3 is 27.9 Å². The van der Waals surface area contributed by atoms with Crippen molar-refractivity contribution in [2.45, 2.75) is 116 Å². The van der Waals surface area contributed by atoms with Crippen LogP contribution in [0.25, 0.3) is 11.6 Å². The topological polar surface area (TPSA) is 111 Å². The van der Waals surface area contributed by atoms with Gasteiger partial charge in [-0.15, -0.1) is 0 Å². The van der Waals surface area contributed by atoms with Gasteiger partial charge in [-0.25, -0.2) is 0 Å². The van der Waals surface area contributed by atoms with Crippen LogP contribution >= 0.6 is 7.82 Å². The summed E-state index contributed by atoms with van der Waals surface area (Å²) in [6.07, 6.45) is 24.9. The maximum atomic E-state index is 13.1. The first-order chi connectivity index (χ1) is 26.5. The summed E-state index contributed by atoms with van der Waals surface area (Å²) in [7, 11) is 1.06. The van der Waals surface area contributed by atoms with Gasteiger partial charge in [0.25, 0.3) is 7.82 Å². The summed E-state index contributed by atoms with van der Waals surface area (Å²) in [6.45, 7) is 1.78. The lowest BCUT2D eigenvalue weighted by atomic mass is 10.0. The SMILES string of the molecule is CCCCCCCCCCCCCCCC(=O)OC[C@H](COP(=O)([O-])OCC[N+](C)(C)C)OC(=O)CC\C(=C/C=C/C=C/c1ccccc1)c1ccccc1. The highest BCUT2D eigenvalue weighted by Crippen LogP contribution is 2.38. The number of benzene rings is 2. The average molecular weight is 782 g/mol. The number of unbranched alkanes of at least 4 members (excludes halogenated alkanes) is 12. The van der Waals surface area contributed by atoms with Gasteiger partial charge in [-0.3, -0.25) is 14.2 Å². The van der Waals surface area contributed by atoms with Crippen LogP contribution in [0.4, 0.5) is 0 Å². The van der Waals surface area contributed by atoms with Gasteiger partial charge in [0.2, 0.25) is 0 Å². The minimum Gasteiger partial charge on any atom is -0.756 e. The smallest absolute Gasteiger partial charge is 0.306 e. The number of hydrogen-bond acceptors (Lipinski definition) is 8. The maximum absolute atomic E-state index is 13.1. The van der Waals surface area contributed by atoms with Gasteiger partial charge >= 0.3 is 11.9 Å². The quantitative estimate of drug-likeness (QED) is 0.0244. The van der Waals surface area contributed by atoms with Gasteiger partial charge in [0.1, 0.15) is 19.8 Å². The van der Waals surface area contributed by atoms with E-state index in [1.54, 1.807) is 0 Å². The van der Waals surface area contributed by atoms with E-state index >= 15 is 0 Å². The van der Waals surface area contributed by atoms with Gasteiger partial charge in [-0.05, 0) is 29.5 Å². The number of quaternary nitrogens is 1. The summed E-state index contributed by atoms with van der Waals surface area (Å²) in [5, 5.41) is 0. The number of phosphoric acid groups is 1. The molecule has 2 aromatic carbocycles. The van der Waals surface area contributed by atoms with Crippen LogP contribution in [0.2, 0.25) is 0 Å². The van der Waals surface area contributed by atoms with Crippen molar-refractivity contribution in [3.05, 3.63) is 96.1 Å². The van der Waals surface area contributed by atoms with Crippen LogP contribution in [0.1, 0.15) is 121 Å². The zero-order chi connectivity index (χ0) is 40.0. The molecular weight excluding hydrogens is 713 g/mol. The second kappa shape index (κ2) is 29.0. The predicted octanol–water partition coefficient (Wildman–Crippen LogP) is 10.3. The van der Waals surface area contributed by atoms with Gasteiger partial charge in [-0.2, -0.15) is 0 Å². The standard InChI is InChI=1S/C45H68NO8P/c1-5-6-7-8-9-10-11-12-13-14-15-16-26-33-44(47)51-38-43(39-53-55(49,50)52-37-36-46(2,3)4)54-45(48)35-34-42(41-30-24-19-25-31-41)32-23-18-22-29-40-27-20-17-21-28-40/h17-25,27-32,43H,5-16,26,33-39H2,1-4H3/b23-18+,29-22+,42-32+/t43-/m1/s1. The number of ether oxygens (including phenoxy) is 2. The van der Waals surface area contributed by atoms with E-state index in [-0.39, 0.29) is 26.1 Å². The number of likely N-dealkylation sites (N-methyl/N-ethyl adjacent to an activating group) is 1. The molecule has 0 amide bonds. The number of nitrogens with zero attached hydrogens (tertiary/aromatic N) is 1. The molecule has 9 nitrogen and oxygen atoms in total. The molecule has 55 heavy (non-hydrogen) atoms. The molecule has 2 rings (SSSR count). The fourth-order valence-electron chi connectivity index (χ4n) is 5.72. The summed E-state index contributed by atoms with van der Waals surface area (Å²) < 4.78 is 34.2. The summed E-state index contributed by atoms with van der Waals surface area (Å²) in [5.74, 6) is -0.987. The number of esters is 2. The zero-order valence-corrected chi connectivity index (χ0v) is 34.9. The molecule has 306 valence electrons. The highest BCUT2D eigenvalue weighted by atomic mass is 31.2. The molecule has 0 bridgehead atoms. The Bertz CT molecular complexity index is 1450. The summed E-state index contributed by atoms with van der Waals surface area (Å²) in [6, 6.07) is 19.7. The van der Waals surface area contributed by atoms with E-state index in [0.717, 1.165) is 36.0 Å². The van der Waals surface area contributed by atoms with Crippen LogP contribution < -0.4 is 4.89 Å². The Hall–Kier alpha value is -3.33. The van der Waals surface area contributed by atoms with Crippen molar-refractivity contribution >= 4 is 31.4 Å². The molecule has 2 atom stereocenters. The molecule has 0 fully saturated rings. The van der Waals surface area contributed by atoms with Crippen molar-refractivity contribution in [3.8, 4) is 0 Å². The Labute approximate surface area is 332 Å². The minimum absolute atomic E-state index is 0.0207. The molecule has 10 heteroatoms. The van der Waals surface area contributed by atoms with Crippen LogP contribution in [-0.4, -0.2) is 70.0 Å². The molecule has 0 spiro atoms. The van der Waals surface area contributed by atoms with E-state index in [0.29, 0.717) is 23.9 Å². The van der Waals surface area contributed by atoms with E-state index in [9.17, 15) is 19.0 Å². The number of allylic oxidation sites excluding steroid dienone is 5. The fraction of sp³-hybridized carbons (Fsp3) is 0.556. The van der Waals surface area contributed by atoms with E-state index in [1.807, 2.05) is 112 Å². The highest BCUT2D eigenvalue weighted by molar-refractivity contribution is 7.45. The number of phosphoric ester groups is 1. The second-order valence-corrected chi connectivity index (χ2v) is 16.5. The Morgan fingerprint density at radius 1 is 0.691 bits per heavy atom. The molecular formula is C45H68NO8P. The first-order valence-electron chi connectivity index (χ1n) is 20.4. The van der Waals surface area contributed by atoms with Gasteiger partial charge in [0.05, 0.1) is 27.7 Å². The van der Waals surface area contributed by atoms with Gasteiger partial charge in [0.15, 0.2) is 6.10 Å². The lowest BCUT2D eigenvalue weighted by Gasteiger charge is -2.28. The van der Waals surface area contributed by atoms with Crippen LogP contribution in [0.3, 0.4) is 0 Å². The first-order valence-corrected chi connectivity index (χ1v) is 21.8. The van der Waals surface area contributed by atoms with Crippen molar-refractivity contribution in [2.24, 2.45) is 0 Å². The minimum atomic E-state index is -4.69. The van der Waals surface area contributed by atoms with Crippen molar-refractivity contribution in [1.29, 1.82) is 0 Å². The average Bonchev–Trinajstić information content (AvgIpc) is 3.15. The number of carbonyl (C=O) groups excluding carboxylic acids is 2. The second-order valence-electron chi connectivity index (χ2n) is 15.1. The molecule has 0 heterocycles. The number of hydrogen-bond donors (Lipinski definition) is 0. The zero-order valence-electron chi connectivity index (χ0n) is 34.0. The van der Waals surface area contributed by atoms with Gasteiger partial charge in [-0.1, -0.05) is 175 Å². The monoisotopic (exact) mass is 781 g/mol. The molecule has 0 radical (unpaired) electrons. The van der Waals surface area contributed by atoms with E-state index in [4.69, 9.17) is 18.5 Å². The normalized spacial score (nSPS) is 13.9. The molecule has 0 aliphatic heterocycles. The van der Waals surface area contributed by atoms with Crippen molar-refractivity contribution in [2.75, 3.05) is 47.5 Å². The Morgan fingerprint density at radius 3 is 1.87 bits per heavy atom. The Morgan fingerprint density at radius 2 is 1.27 bits per heavy atom. The summed E-state index contributed by atoms with van der Waals surface area (Å²) >= 11 is 0. The molecule has 0 aromatic heterocycles. The van der Waals surface area contributed by atoms with Crippen molar-refractivity contribution < 1.29 is 42.1 Å². The van der Waals surface area contributed by atoms with Crippen molar-refractivity contribution in [3.63, 3.8) is 0 Å². The van der Waals surface area contributed by atoms with E-state index < -0.39 is 32.5 Å². The van der Waals surface area contributed by atoms with E-state index in [2.05, 4.69) is 6.92 Å². The number of carbonyl (C=O) groups is 2. The van der Waals surface area contributed by atoms with E-state index in [1.165, 1.54) is 57.8 Å². The third-order valence-electron chi connectivity index (χ3n) is 8.99. The third kappa shape index (κ3) is 26.2. The molecule has 0 N–H and O–H groups in total. The molecule has 0 aliphatic rings. The van der Waals surface area contributed by atoms with Gasteiger partial charge in [0, 0.05) is 12.8 Å². The Kier molecular flexibility index (Phi) is 25.2. The lowest BCUT2D eigenvalue weighted by Crippen LogP contribution is -2.37. The molecule has 0 saturated heterocycles. The van der Waals surface area contributed by atoms with Crippen molar-refractivity contribution in [1.82, 2.24) is 0 Å². The largest absolute Gasteiger partial charge is 0.756 e. The lowest BCUT2D eigenvalue weighted by molar-refractivity contribution is -0.870. The molecule has 0 saturated carbocycles. The summed E-state index contributed by atoms with van der Waals surface area (Å²) in [4.78, 5) is 38.2. The Balaban J connectivity index is 1.89. The molecule has 0 aliphatic carbocycles. The van der Waals surface area contributed by atoms with Crippen LogP contribution in [0.15, 0.2) is 85.0 Å². The molecule has 2 aromatic rings. The van der Waals surface area contributed by atoms with Crippen LogP contribution in [-0.2, 0) is 32.7 Å². The van der Waals surface area contributed by atoms with Crippen LogP contribution in [0.5, 0.6) is 0 Å². The maximum Gasteiger partial charge on any atom is 0.306 e. The molecule has 1 unspecified atom stereocenters. The predicted molar refractivity (Wildman–Crippen MR) is 222 cm³/mol. The third-order valence-corrected chi connectivity index (χ3v) is 9.96. The highest BCUT2D eigenvalue weighted by Gasteiger charge is 2.22. The fourth-order valence-corrected chi connectivity index (χ4v) is 6.45. The summed E-state index contributed by atoms with van der Waals surface area (Å²) in [5.41, 5.74) is 2.98. The first kappa shape index (κ1) is 47.8.